The second-order valence-corrected chi connectivity index (χ2v) is 6.57. The Kier molecular flexibility index (Phi) is 5.91. The molecule has 0 radical (unpaired) electrons. The third kappa shape index (κ3) is 4.31. The van der Waals surface area contributed by atoms with E-state index in [1.54, 1.807) is 12.0 Å². The highest BCUT2D eigenvalue weighted by molar-refractivity contribution is 5.88. The largest absolute Gasteiger partial charge is 0.497 e. The summed E-state index contributed by atoms with van der Waals surface area (Å²) < 4.78 is 10.6. The molecule has 136 valence electrons. The normalized spacial score (nSPS) is 21.8. The van der Waals surface area contributed by atoms with Crippen LogP contribution in [0.1, 0.15) is 31.2 Å². The van der Waals surface area contributed by atoms with Gasteiger partial charge in [-0.1, -0.05) is 18.6 Å². The molecular formula is C19H26N2O4. The summed E-state index contributed by atoms with van der Waals surface area (Å²) in [6.45, 7) is 2.80. The van der Waals surface area contributed by atoms with E-state index in [1.165, 1.54) is 0 Å². The van der Waals surface area contributed by atoms with Crippen molar-refractivity contribution >= 4 is 11.8 Å². The Hall–Kier alpha value is -2.08. The van der Waals surface area contributed by atoms with Gasteiger partial charge in [0, 0.05) is 26.1 Å². The first kappa shape index (κ1) is 17.7. The fourth-order valence-electron chi connectivity index (χ4n) is 3.50. The molecule has 2 saturated heterocycles. The molecule has 0 N–H and O–H groups in total. The van der Waals surface area contributed by atoms with E-state index in [4.69, 9.17) is 9.47 Å². The van der Waals surface area contributed by atoms with E-state index >= 15 is 0 Å². The van der Waals surface area contributed by atoms with Crippen molar-refractivity contribution in [2.24, 2.45) is 0 Å². The van der Waals surface area contributed by atoms with Crippen LogP contribution in [-0.2, 0) is 20.9 Å². The molecule has 6 nitrogen and oxygen atoms in total. The summed E-state index contributed by atoms with van der Waals surface area (Å²) in [6.07, 6.45) is 2.99. The number of carbonyl (C=O) groups excluding carboxylic acids is 2. The van der Waals surface area contributed by atoms with Gasteiger partial charge in [-0.25, -0.2) is 0 Å². The zero-order chi connectivity index (χ0) is 17.6. The number of hydrogen-bond donors (Lipinski definition) is 0. The van der Waals surface area contributed by atoms with E-state index in [-0.39, 0.29) is 17.9 Å². The van der Waals surface area contributed by atoms with E-state index < -0.39 is 0 Å². The van der Waals surface area contributed by atoms with E-state index in [0.717, 1.165) is 30.6 Å². The average molecular weight is 346 g/mol. The van der Waals surface area contributed by atoms with Crippen molar-refractivity contribution in [3.8, 4) is 5.75 Å². The highest BCUT2D eigenvalue weighted by Crippen LogP contribution is 2.24. The second kappa shape index (κ2) is 8.34. The van der Waals surface area contributed by atoms with Gasteiger partial charge in [-0.15, -0.1) is 0 Å². The first-order valence-corrected chi connectivity index (χ1v) is 8.98. The molecule has 0 spiro atoms. The van der Waals surface area contributed by atoms with Crippen molar-refractivity contribution < 1.29 is 19.1 Å². The van der Waals surface area contributed by atoms with Crippen LogP contribution in [0.4, 0.5) is 0 Å². The van der Waals surface area contributed by atoms with Crippen LogP contribution in [-0.4, -0.2) is 61.1 Å². The van der Waals surface area contributed by atoms with Gasteiger partial charge in [-0.2, -0.15) is 0 Å². The molecule has 0 aliphatic carbocycles. The van der Waals surface area contributed by atoms with Gasteiger partial charge in [0.15, 0.2) is 0 Å². The van der Waals surface area contributed by atoms with Gasteiger partial charge in [-0.3, -0.25) is 9.59 Å². The van der Waals surface area contributed by atoms with Gasteiger partial charge in [0.1, 0.15) is 11.8 Å². The van der Waals surface area contributed by atoms with Crippen LogP contribution in [0.25, 0.3) is 0 Å². The lowest BCUT2D eigenvalue weighted by atomic mass is 10.1. The molecule has 1 aromatic rings. The van der Waals surface area contributed by atoms with Gasteiger partial charge in [-0.05, 0) is 30.5 Å². The number of methoxy groups -OCH3 is 1. The topological polar surface area (TPSA) is 59.1 Å². The van der Waals surface area contributed by atoms with Crippen LogP contribution < -0.4 is 4.74 Å². The Morgan fingerprint density at radius 2 is 2.08 bits per heavy atom. The zero-order valence-corrected chi connectivity index (χ0v) is 14.8. The molecule has 0 saturated carbocycles. The number of benzene rings is 1. The summed E-state index contributed by atoms with van der Waals surface area (Å²) in [7, 11) is 1.63. The summed E-state index contributed by atoms with van der Waals surface area (Å²) in [6, 6.07) is 7.31. The zero-order valence-electron chi connectivity index (χ0n) is 14.8. The summed E-state index contributed by atoms with van der Waals surface area (Å²) in [4.78, 5) is 29.3. The minimum atomic E-state index is -0.376. The quantitative estimate of drug-likeness (QED) is 0.834. The summed E-state index contributed by atoms with van der Waals surface area (Å²) in [5.41, 5.74) is 0.981. The minimum absolute atomic E-state index is 0.0569. The number of morpholine rings is 1. The third-order valence-electron chi connectivity index (χ3n) is 4.91. The van der Waals surface area contributed by atoms with Crippen LogP contribution in [0.3, 0.4) is 0 Å². The molecule has 0 bridgehead atoms. The van der Waals surface area contributed by atoms with Gasteiger partial charge >= 0.3 is 0 Å². The number of hydrogen-bond acceptors (Lipinski definition) is 4. The Bertz CT molecular complexity index is 613. The first-order valence-electron chi connectivity index (χ1n) is 8.98. The number of likely N-dealkylation sites (tertiary alicyclic amines) is 1. The van der Waals surface area contributed by atoms with E-state index in [9.17, 15) is 9.59 Å². The SMILES string of the molecule is COc1cccc(CN2C(=O)CCCCC2C(=O)N2CCOCC2)c1. The van der Waals surface area contributed by atoms with E-state index in [0.29, 0.717) is 39.3 Å². The maximum atomic E-state index is 13.0. The minimum Gasteiger partial charge on any atom is -0.497 e. The van der Waals surface area contributed by atoms with Crippen LogP contribution in [0.2, 0.25) is 0 Å². The molecule has 1 aromatic carbocycles. The molecule has 3 rings (SSSR count). The Morgan fingerprint density at radius 3 is 2.84 bits per heavy atom. The summed E-state index contributed by atoms with van der Waals surface area (Å²) in [5, 5.41) is 0. The Labute approximate surface area is 148 Å². The van der Waals surface area contributed by atoms with Crippen molar-refractivity contribution in [3.05, 3.63) is 29.8 Å². The van der Waals surface area contributed by atoms with Crippen molar-refractivity contribution in [3.63, 3.8) is 0 Å². The predicted molar refractivity (Wildman–Crippen MR) is 93.2 cm³/mol. The number of carbonyl (C=O) groups is 2. The van der Waals surface area contributed by atoms with Crippen LogP contribution in [0.5, 0.6) is 5.75 Å². The van der Waals surface area contributed by atoms with Gasteiger partial charge in [0.25, 0.3) is 0 Å². The number of amides is 2. The highest BCUT2D eigenvalue weighted by atomic mass is 16.5. The average Bonchev–Trinajstić information content (AvgIpc) is 2.84. The molecule has 2 aliphatic rings. The summed E-state index contributed by atoms with van der Waals surface area (Å²) in [5.74, 6) is 0.879. The molecule has 2 fully saturated rings. The fraction of sp³-hybridized carbons (Fsp3) is 0.579. The van der Waals surface area contributed by atoms with Crippen LogP contribution >= 0.6 is 0 Å². The molecule has 2 amide bonds. The molecule has 2 aliphatic heterocycles. The van der Waals surface area contributed by atoms with Crippen LogP contribution in [0, 0.1) is 0 Å². The summed E-state index contributed by atoms with van der Waals surface area (Å²) >= 11 is 0. The second-order valence-electron chi connectivity index (χ2n) is 6.57. The maximum Gasteiger partial charge on any atom is 0.245 e. The molecule has 1 atom stereocenters. The predicted octanol–water partition coefficient (Wildman–Crippen LogP) is 1.83. The molecule has 6 heteroatoms. The molecular weight excluding hydrogens is 320 g/mol. The number of ether oxygens (including phenoxy) is 2. The standard InChI is InChI=1S/C19H26N2O4/c1-24-16-6-4-5-15(13-16)14-21-17(7-2-3-8-18(21)22)19(23)20-9-11-25-12-10-20/h4-6,13,17H,2-3,7-12,14H2,1H3. The van der Waals surface area contributed by atoms with Gasteiger partial charge < -0.3 is 19.3 Å². The lowest BCUT2D eigenvalue weighted by molar-refractivity contribution is -0.148. The fourth-order valence-corrected chi connectivity index (χ4v) is 3.50. The molecule has 1 unspecified atom stereocenters. The van der Waals surface area contributed by atoms with Crippen molar-refractivity contribution in [1.82, 2.24) is 9.80 Å². The maximum absolute atomic E-state index is 13.0. The van der Waals surface area contributed by atoms with Crippen molar-refractivity contribution in [2.75, 3.05) is 33.4 Å². The first-order chi connectivity index (χ1) is 12.2. The van der Waals surface area contributed by atoms with Gasteiger partial charge in [0.05, 0.1) is 20.3 Å². The van der Waals surface area contributed by atoms with E-state index in [2.05, 4.69) is 0 Å². The highest BCUT2D eigenvalue weighted by Gasteiger charge is 2.34. The Balaban J connectivity index is 1.80. The molecule has 25 heavy (non-hydrogen) atoms. The van der Waals surface area contributed by atoms with Crippen molar-refractivity contribution in [2.45, 2.75) is 38.3 Å². The number of nitrogens with zero attached hydrogens (tertiary/aromatic N) is 2. The smallest absolute Gasteiger partial charge is 0.245 e. The third-order valence-corrected chi connectivity index (χ3v) is 4.91. The number of rotatable bonds is 4. The monoisotopic (exact) mass is 346 g/mol. The van der Waals surface area contributed by atoms with Crippen molar-refractivity contribution in [1.29, 1.82) is 0 Å². The molecule has 0 aromatic heterocycles. The lowest BCUT2D eigenvalue weighted by Gasteiger charge is -2.35. The van der Waals surface area contributed by atoms with E-state index in [1.807, 2.05) is 29.2 Å². The lowest BCUT2D eigenvalue weighted by Crippen LogP contribution is -2.52. The van der Waals surface area contributed by atoms with Crippen LogP contribution in [0.15, 0.2) is 24.3 Å². The van der Waals surface area contributed by atoms with Gasteiger partial charge in [0.2, 0.25) is 11.8 Å². The molecule has 2 heterocycles. The Morgan fingerprint density at radius 1 is 1.28 bits per heavy atom.